The van der Waals surface area contributed by atoms with E-state index < -0.39 is 5.60 Å². The van der Waals surface area contributed by atoms with Gasteiger partial charge in [0, 0.05) is 12.8 Å². The topological polar surface area (TPSA) is 63.6 Å². The fourth-order valence-corrected chi connectivity index (χ4v) is 3.88. The molecule has 0 radical (unpaired) electrons. The van der Waals surface area contributed by atoms with E-state index in [1.165, 1.54) is 5.57 Å². The molecule has 0 aromatic carbocycles. The van der Waals surface area contributed by atoms with Crippen LogP contribution in [0.3, 0.4) is 0 Å². The van der Waals surface area contributed by atoms with Crippen LogP contribution in [0.25, 0.3) is 0 Å². The first-order valence-corrected chi connectivity index (χ1v) is 11.0. The van der Waals surface area contributed by atoms with Gasteiger partial charge in [-0.05, 0) is 70.8 Å². The Labute approximate surface area is 165 Å². The second kappa shape index (κ2) is 13.1. The molecule has 0 fully saturated rings. The summed E-state index contributed by atoms with van der Waals surface area (Å²) in [5.41, 5.74) is 1.82. The molecule has 1 atom stereocenters. The zero-order valence-corrected chi connectivity index (χ0v) is 17.8. The number of ether oxygens (including phenoxy) is 1. The van der Waals surface area contributed by atoms with Crippen LogP contribution < -0.4 is 0 Å². The van der Waals surface area contributed by atoms with Crippen LogP contribution in [0.15, 0.2) is 11.1 Å². The van der Waals surface area contributed by atoms with E-state index >= 15 is 0 Å². The predicted octanol–water partition coefficient (Wildman–Crippen LogP) is 5.66. The second-order valence-corrected chi connectivity index (χ2v) is 8.18. The van der Waals surface area contributed by atoms with Gasteiger partial charge in [0.25, 0.3) is 0 Å². The van der Waals surface area contributed by atoms with Gasteiger partial charge in [-0.3, -0.25) is 9.59 Å². The number of allylic oxidation sites excluding steroid dienone is 2. The molecule has 0 bridgehead atoms. The van der Waals surface area contributed by atoms with Gasteiger partial charge < -0.3 is 9.84 Å². The first kappa shape index (κ1) is 23.9. The zero-order valence-electron chi connectivity index (χ0n) is 17.8. The molecule has 0 saturated heterocycles. The Balaban J connectivity index is 2.30. The lowest BCUT2D eigenvalue weighted by atomic mass is 9.91. The van der Waals surface area contributed by atoms with E-state index in [9.17, 15) is 14.7 Å². The molecule has 1 unspecified atom stereocenters. The van der Waals surface area contributed by atoms with Gasteiger partial charge in [-0.2, -0.15) is 0 Å². The van der Waals surface area contributed by atoms with Gasteiger partial charge in [0.2, 0.25) is 0 Å². The molecule has 1 N–H and O–H groups in total. The Kier molecular flexibility index (Phi) is 11.6. The van der Waals surface area contributed by atoms with E-state index in [1.807, 2.05) is 13.8 Å². The molecule has 0 saturated carbocycles. The second-order valence-electron chi connectivity index (χ2n) is 8.18. The summed E-state index contributed by atoms with van der Waals surface area (Å²) >= 11 is 0. The number of carbonyl (C=O) groups excluding carboxylic acids is 2. The van der Waals surface area contributed by atoms with Crippen LogP contribution >= 0.6 is 0 Å². The number of carbonyl (C=O) groups is 2. The van der Waals surface area contributed by atoms with Gasteiger partial charge >= 0.3 is 5.97 Å². The number of ketones is 1. The molecule has 1 aliphatic carbocycles. The third-order valence-electron chi connectivity index (χ3n) is 5.54. The van der Waals surface area contributed by atoms with E-state index in [4.69, 9.17) is 4.74 Å². The maximum Gasteiger partial charge on any atom is 0.305 e. The SMILES string of the molecule is CCCCC(C)(O)CCCC1=C(CCCCCCC(=O)OCC)C(=O)CC1. The van der Waals surface area contributed by atoms with Crippen molar-refractivity contribution < 1.29 is 19.4 Å². The van der Waals surface area contributed by atoms with Crippen molar-refractivity contribution in [2.45, 2.75) is 116 Å². The summed E-state index contributed by atoms with van der Waals surface area (Å²) in [6, 6.07) is 0. The van der Waals surface area contributed by atoms with Crippen molar-refractivity contribution in [2.75, 3.05) is 6.61 Å². The third-order valence-corrected chi connectivity index (χ3v) is 5.54. The number of Topliss-reactive ketones (excluding diaryl/α,β-unsaturated/α-hetero) is 1. The number of aliphatic hydroxyl groups is 1. The van der Waals surface area contributed by atoms with E-state index in [0.29, 0.717) is 25.2 Å². The Bertz CT molecular complexity index is 491. The average Bonchev–Trinajstić information content (AvgIpc) is 2.96. The number of rotatable bonds is 15. The maximum absolute atomic E-state index is 12.2. The lowest BCUT2D eigenvalue weighted by molar-refractivity contribution is -0.143. The van der Waals surface area contributed by atoms with Crippen LogP contribution in [0.1, 0.15) is 111 Å². The summed E-state index contributed by atoms with van der Waals surface area (Å²) < 4.78 is 4.93. The van der Waals surface area contributed by atoms with Crippen LogP contribution in [-0.4, -0.2) is 29.1 Å². The molecular formula is C23H40O4. The average molecular weight is 381 g/mol. The predicted molar refractivity (Wildman–Crippen MR) is 110 cm³/mol. The van der Waals surface area contributed by atoms with Crippen molar-refractivity contribution in [2.24, 2.45) is 0 Å². The van der Waals surface area contributed by atoms with Crippen molar-refractivity contribution in [3.05, 3.63) is 11.1 Å². The Morgan fingerprint density at radius 2 is 1.70 bits per heavy atom. The molecule has 0 aliphatic heterocycles. The summed E-state index contributed by atoms with van der Waals surface area (Å²) in [7, 11) is 0. The Morgan fingerprint density at radius 1 is 1.00 bits per heavy atom. The highest BCUT2D eigenvalue weighted by Gasteiger charge is 2.24. The first-order valence-electron chi connectivity index (χ1n) is 11.0. The zero-order chi connectivity index (χ0) is 20.1. The van der Waals surface area contributed by atoms with E-state index in [0.717, 1.165) is 82.6 Å². The van der Waals surface area contributed by atoms with Gasteiger partial charge in [0.1, 0.15) is 0 Å². The van der Waals surface area contributed by atoms with Crippen LogP contribution in [0.4, 0.5) is 0 Å². The molecule has 1 aliphatic rings. The van der Waals surface area contributed by atoms with Crippen molar-refractivity contribution >= 4 is 11.8 Å². The molecular weight excluding hydrogens is 340 g/mol. The van der Waals surface area contributed by atoms with E-state index in [2.05, 4.69) is 6.92 Å². The lowest BCUT2D eigenvalue weighted by Gasteiger charge is -2.23. The molecule has 0 spiro atoms. The third kappa shape index (κ3) is 10.1. The van der Waals surface area contributed by atoms with Gasteiger partial charge in [0.15, 0.2) is 5.78 Å². The first-order chi connectivity index (χ1) is 12.9. The highest BCUT2D eigenvalue weighted by molar-refractivity contribution is 5.98. The number of hydrogen-bond acceptors (Lipinski definition) is 4. The minimum absolute atomic E-state index is 0.108. The maximum atomic E-state index is 12.2. The van der Waals surface area contributed by atoms with Crippen LogP contribution in [-0.2, 0) is 14.3 Å². The van der Waals surface area contributed by atoms with Crippen molar-refractivity contribution in [1.82, 2.24) is 0 Å². The van der Waals surface area contributed by atoms with Gasteiger partial charge in [0.05, 0.1) is 12.2 Å². The normalized spacial score (nSPS) is 16.7. The summed E-state index contributed by atoms with van der Waals surface area (Å²) in [5.74, 6) is 0.220. The molecule has 0 heterocycles. The molecule has 0 aromatic rings. The summed E-state index contributed by atoms with van der Waals surface area (Å²) in [6.07, 6.45) is 12.7. The van der Waals surface area contributed by atoms with E-state index in [-0.39, 0.29) is 5.97 Å². The minimum Gasteiger partial charge on any atom is -0.466 e. The van der Waals surface area contributed by atoms with Gasteiger partial charge in [-0.1, -0.05) is 38.2 Å². The smallest absolute Gasteiger partial charge is 0.305 e. The summed E-state index contributed by atoms with van der Waals surface area (Å²) in [4.78, 5) is 23.5. The molecule has 4 nitrogen and oxygen atoms in total. The van der Waals surface area contributed by atoms with Crippen molar-refractivity contribution in [3.63, 3.8) is 0 Å². The fourth-order valence-electron chi connectivity index (χ4n) is 3.88. The Morgan fingerprint density at radius 3 is 2.41 bits per heavy atom. The standard InChI is InChI=1S/C23H40O4/c1-4-6-17-23(3,26)18-11-12-19-15-16-21(24)20(19)13-9-7-8-10-14-22(25)27-5-2/h26H,4-18H2,1-3H3. The fraction of sp³-hybridized carbons (Fsp3) is 0.826. The van der Waals surface area contributed by atoms with Crippen molar-refractivity contribution in [3.8, 4) is 0 Å². The van der Waals surface area contributed by atoms with Crippen LogP contribution in [0.2, 0.25) is 0 Å². The van der Waals surface area contributed by atoms with Gasteiger partial charge in [-0.15, -0.1) is 0 Å². The summed E-state index contributed by atoms with van der Waals surface area (Å²) in [6.45, 7) is 6.36. The molecule has 0 aromatic heterocycles. The summed E-state index contributed by atoms with van der Waals surface area (Å²) in [5, 5.41) is 10.4. The molecule has 4 heteroatoms. The van der Waals surface area contributed by atoms with Gasteiger partial charge in [-0.25, -0.2) is 0 Å². The number of unbranched alkanes of at least 4 members (excludes halogenated alkanes) is 4. The Hall–Kier alpha value is -1.16. The highest BCUT2D eigenvalue weighted by atomic mass is 16.5. The minimum atomic E-state index is -0.571. The molecule has 156 valence electrons. The lowest BCUT2D eigenvalue weighted by Crippen LogP contribution is -2.23. The number of hydrogen-bond donors (Lipinski definition) is 1. The largest absolute Gasteiger partial charge is 0.466 e. The van der Waals surface area contributed by atoms with Crippen LogP contribution in [0, 0.1) is 0 Å². The number of esters is 1. The van der Waals surface area contributed by atoms with Crippen LogP contribution in [0.5, 0.6) is 0 Å². The molecule has 0 amide bonds. The molecule has 27 heavy (non-hydrogen) atoms. The van der Waals surface area contributed by atoms with Crippen molar-refractivity contribution in [1.29, 1.82) is 0 Å². The quantitative estimate of drug-likeness (QED) is 0.294. The van der Waals surface area contributed by atoms with E-state index in [1.54, 1.807) is 0 Å². The monoisotopic (exact) mass is 380 g/mol. The molecule has 1 rings (SSSR count). The highest BCUT2D eigenvalue weighted by Crippen LogP contribution is 2.32.